The zero-order valence-corrected chi connectivity index (χ0v) is 20.2. The number of pyridine rings is 1. The van der Waals surface area contributed by atoms with Gasteiger partial charge in [0.15, 0.2) is 11.5 Å². The first kappa shape index (κ1) is 23.7. The van der Waals surface area contributed by atoms with E-state index in [1.165, 1.54) is 19.2 Å². The summed E-state index contributed by atoms with van der Waals surface area (Å²) in [6, 6.07) is 8.23. The number of ether oxygens (including phenoxy) is 2. The third-order valence-electron chi connectivity index (χ3n) is 6.69. The van der Waals surface area contributed by atoms with Gasteiger partial charge in [0.25, 0.3) is 5.91 Å². The number of hydrogen-bond acceptors (Lipinski definition) is 6. The number of nitrogens with zero attached hydrogens (tertiary/aromatic N) is 3. The number of halogens is 1. The number of fused-ring (bicyclic) bond motifs is 2. The lowest BCUT2D eigenvalue weighted by molar-refractivity contribution is -0.129. The van der Waals surface area contributed by atoms with E-state index in [9.17, 15) is 14.4 Å². The van der Waals surface area contributed by atoms with Crippen molar-refractivity contribution < 1.29 is 23.5 Å². The van der Waals surface area contributed by atoms with Gasteiger partial charge in [-0.15, -0.1) is 0 Å². The minimum Gasteiger partial charge on any atom is -0.454 e. The Balaban J connectivity index is 1.41. The largest absolute Gasteiger partial charge is 0.454 e. The third kappa shape index (κ3) is 4.34. The summed E-state index contributed by atoms with van der Waals surface area (Å²) >= 11 is 0. The Bertz CT molecular complexity index is 1410. The van der Waals surface area contributed by atoms with Gasteiger partial charge in [-0.2, -0.15) is 0 Å². The minimum absolute atomic E-state index is 0.00205. The molecule has 2 amide bonds. The predicted molar refractivity (Wildman–Crippen MR) is 132 cm³/mol. The van der Waals surface area contributed by atoms with E-state index in [2.05, 4.69) is 5.32 Å². The summed E-state index contributed by atoms with van der Waals surface area (Å²) in [5, 5.41) is 2.92. The first-order chi connectivity index (χ1) is 17.4. The molecular formula is C26H27FN4O5. The molecule has 188 valence electrons. The maximum Gasteiger partial charge on any atom is 0.257 e. The fraction of sp³-hybridized carbons (Fsp3) is 0.346. The normalized spacial score (nSPS) is 14.9. The van der Waals surface area contributed by atoms with Gasteiger partial charge in [0.1, 0.15) is 11.4 Å². The van der Waals surface area contributed by atoms with Crippen LogP contribution in [0.15, 0.2) is 41.3 Å². The number of aryl methyl sites for hydroxylation is 1. The molecule has 0 unspecified atom stereocenters. The van der Waals surface area contributed by atoms with Crippen LogP contribution >= 0.6 is 0 Å². The van der Waals surface area contributed by atoms with Gasteiger partial charge in [-0.1, -0.05) is 6.07 Å². The van der Waals surface area contributed by atoms with Crippen molar-refractivity contribution in [2.45, 2.75) is 26.9 Å². The second-order valence-corrected chi connectivity index (χ2v) is 8.84. The zero-order valence-electron chi connectivity index (χ0n) is 20.2. The van der Waals surface area contributed by atoms with Gasteiger partial charge in [-0.25, -0.2) is 4.39 Å². The van der Waals surface area contributed by atoms with Gasteiger partial charge < -0.3 is 29.2 Å². The maximum atomic E-state index is 15.2. The molecule has 0 aliphatic carbocycles. The van der Waals surface area contributed by atoms with Crippen LogP contribution in [-0.2, 0) is 17.9 Å². The molecule has 1 saturated heterocycles. The van der Waals surface area contributed by atoms with Crippen LogP contribution in [0.25, 0.3) is 10.9 Å². The van der Waals surface area contributed by atoms with Crippen LogP contribution in [0.3, 0.4) is 0 Å². The topological polar surface area (TPSA) is 93.1 Å². The molecule has 0 atom stereocenters. The van der Waals surface area contributed by atoms with Gasteiger partial charge in [0, 0.05) is 57.8 Å². The molecule has 1 N–H and O–H groups in total. The highest BCUT2D eigenvalue weighted by Gasteiger charge is 2.23. The van der Waals surface area contributed by atoms with Crippen molar-refractivity contribution in [3.05, 3.63) is 63.7 Å². The SMILES string of the molecule is CCn1cc(C(=O)NCc2ccc3c(c2)OCO3)c(=O)c2cc(F)c(N3CCN(C(C)=O)CC3)cc21. The van der Waals surface area contributed by atoms with E-state index in [0.29, 0.717) is 55.4 Å². The first-order valence-corrected chi connectivity index (χ1v) is 11.9. The lowest BCUT2D eigenvalue weighted by atomic mass is 10.1. The predicted octanol–water partition coefficient (Wildman–Crippen LogP) is 2.49. The Hall–Kier alpha value is -4.08. The summed E-state index contributed by atoms with van der Waals surface area (Å²) in [7, 11) is 0. The number of aromatic nitrogens is 1. The number of hydrogen-bond donors (Lipinski definition) is 1. The first-order valence-electron chi connectivity index (χ1n) is 11.9. The number of rotatable bonds is 5. The Morgan fingerprint density at radius 2 is 1.81 bits per heavy atom. The van der Waals surface area contributed by atoms with Gasteiger partial charge in [-0.05, 0) is 36.8 Å². The second-order valence-electron chi connectivity index (χ2n) is 8.84. The monoisotopic (exact) mass is 494 g/mol. The Kier molecular flexibility index (Phi) is 6.26. The molecule has 10 heteroatoms. The van der Waals surface area contributed by atoms with Gasteiger partial charge in [0.2, 0.25) is 18.1 Å². The van der Waals surface area contributed by atoms with Gasteiger partial charge in [0.05, 0.1) is 11.2 Å². The Morgan fingerprint density at radius 1 is 1.06 bits per heavy atom. The Labute approximate surface area is 207 Å². The molecule has 0 radical (unpaired) electrons. The molecule has 2 aliphatic rings. The molecule has 1 fully saturated rings. The van der Waals surface area contributed by atoms with E-state index < -0.39 is 17.2 Å². The van der Waals surface area contributed by atoms with E-state index in [0.717, 1.165) is 5.56 Å². The van der Waals surface area contributed by atoms with E-state index in [1.54, 1.807) is 27.7 Å². The molecule has 3 heterocycles. The third-order valence-corrected chi connectivity index (χ3v) is 6.69. The summed E-state index contributed by atoms with van der Waals surface area (Å²) in [5.41, 5.74) is 1.16. The maximum absolute atomic E-state index is 15.2. The summed E-state index contributed by atoms with van der Waals surface area (Å²) in [6.07, 6.45) is 1.52. The molecule has 0 saturated carbocycles. The van der Waals surface area contributed by atoms with Crippen molar-refractivity contribution in [1.29, 1.82) is 0 Å². The fourth-order valence-electron chi connectivity index (χ4n) is 4.66. The molecule has 0 spiro atoms. The highest BCUT2D eigenvalue weighted by Crippen LogP contribution is 2.32. The summed E-state index contributed by atoms with van der Waals surface area (Å²) in [4.78, 5) is 41.4. The number of benzene rings is 2. The van der Waals surface area contributed by atoms with E-state index >= 15 is 4.39 Å². The second kappa shape index (κ2) is 9.52. The lowest BCUT2D eigenvalue weighted by Crippen LogP contribution is -2.48. The molecule has 2 aliphatic heterocycles. The van der Waals surface area contributed by atoms with Gasteiger partial charge >= 0.3 is 0 Å². The average Bonchev–Trinajstić information content (AvgIpc) is 3.35. The molecule has 2 aromatic carbocycles. The number of carbonyl (C=O) groups excluding carboxylic acids is 2. The van der Waals surface area contributed by atoms with Crippen LogP contribution in [-0.4, -0.2) is 54.3 Å². The van der Waals surface area contributed by atoms with Crippen LogP contribution in [0, 0.1) is 5.82 Å². The fourth-order valence-corrected chi connectivity index (χ4v) is 4.66. The summed E-state index contributed by atoms with van der Waals surface area (Å²) < 4.78 is 27.6. The standard InChI is InChI=1S/C26H27FN4O5/c1-3-29-14-19(26(34)28-13-17-4-5-23-24(10-17)36-15-35-23)25(33)18-11-20(27)22(12-21(18)29)31-8-6-30(7-9-31)16(2)32/h4-5,10-12,14H,3,6-9,13,15H2,1-2H3,(H,28,34). The van der Waals surface area contributed by atoms with E-state index in [4.69, 9.17) is 9.47 Å². The molecule has 36 heavy (non-hydrogen) atoms. The molecule has 9 nitrogen and oxygen atoms in total. The summed E-state index contributed by atoms with van der Waals surface area (Å²) in [5.74, 6) is 0.184. The number of amides is 2. The molecule has 0 bridgehead atoms. The van der Waals surface area contributed by atoms with E-state index in [1.807, 2.05) is 17.9 Å². The van der Waals surface area contributed by atoms with Crippen molar-refractivity contribution in [3.63, 3.8) is 0 Å². The number of nitrogens with one attached hydrogen (secondary N) is 1. The highest BCUT2D eigenvalue weighted by atomic mass is 19.1. The zero-order chi connectivity index (χ0) is 25.4. The molecular weight excluding hydrogens is 467 g/mol. The quantitative estimate of drug-likeness (QED) is 0.586. The summed E-state index contributed by atoms with van der Waals surface area (Å²) in [6.45, 7) is 6.28. The average molecular weight is 495 g/mol. The van der Waals surface area contributed by atoms with Crippen LogP contribution in [0.2, 0.25) is 0 Å². The minimum atomic E-state index is -0.536. The Morgan fingerprint density at radius 3 is 2.53 bits per heavy atom. The molecule has 3 aromatic rings. The van der Waals surface area contributed by atoms with Crippen molar-refractivity contribution in [1.82, 2.24) is 14.8 Å². The number of carbonyl (C=O) groups is 2. The van der Waals surface area contributed by atoms with Gasteiger partial charge in [-0.3, -0.25) is 14.4 Å². The lowest BCUT2D eigenvalue weighted by Gasteiger charge is -2.36. The van der Waals surface area contributed by atoms with Crippen LogP contribution < -0.4 is 25.1 Å². The van der Waals surface area contributed by atoms with Crippen molar-refractivity contribution >= 4 is 28.4 Å². The smallest absolute Gasteiger partial charge is 0.257 e. The molecule has 5 rings (SSSR count). The number of piperazine rings is 1. The molecule has 1 aromatic heterocycles. The van der Waals surface area contributed by atoms with Crippen molar-refractivity contribution in [2.75, 3.05) is 37.9 Å². The van der Waals surface area contributed by atoms with Crippen LogP contribution in [0.5, 0.6) is 11.5 Å². The van der Waals surface area contributed by atoms with Crippen LogP contribution in [0.4, 0.5) is 10.1 Å². The van der Waals surface area contributed by atoms with Crippen molar-refractivity contribution in [3.8, 4) is 11.5 Å². The van der Waals surface area contributed by atoms with Crippen molar-refractivity contribution in [2.24, 2.45) is 0 Å². The highest BCUT2D eigenvalue weighted by molar-refractivity contribution is 5.97. The van der Waals surface area contributed by atoms with Crippen LogP contribution in [0.1, 0.15) is 29.8 Å². The van der Waals surface area contributed by atoms with E-state index in [-0.39, 0.29) is 30.2 Å². The number of anilines is 1.